The molecule has 1 amide bonds. The number of anilines is 2. The number of hydrogen-bond donors (Lipinski definition) is 3. The topological polar surface area (TPSA) is 151 Å². The molecule has 4 N–H and O–H groups in total. The number of hydrogen-bond acceptors (Lipinski definition) is 10. The van der Waals surface area contributed by atoms with Gasteiger partial charge in [0.2, 0.25) is 11.8 Å². The molecule has 12 nitrogen and oxygen atoms in total. The van der Waals surface area contributed by atoms with Gasteiger partial charge < -0.3 is 30.5 Å². The third kappa shape index (κ3) is 4.58. The van der Waals surface area contributed by atoms with Crippen molar-refractivity contribution in [2.24, 2.45) is 0 Å². The highest BCUT2D eigenvalue weighted by atomic mass is 16.5. The number of nitrogens with two attached hydrogens (primary N) is 1. The van der Waals surface area contributed by atoms with Crippen LogP contribution in [0.25, 0.3) is 17.2 Å². The number of aromatic nitrogens is 4. The van der Waals surface area contributed by atoms with E-state index in [1.54, 1.807) is 49.8 Å². The van der Waals surface area contributed by atoms with Crippen molar-refractivity contribution in [1.29, 1.82) is 5.41 Å². The number of carbonyl (C=O) groups is 1. The summed E-state index contributed by atoms with van der Waals surface area (Å²) in [7, 11) is 1.60. The Bertz CT molecular complexity index is 1360. The van der Waals surface area contributed by atoms with Crippen LogP contribution in [-0.4, -0.2) is 87.9 Å². The Balaban J connectivity index is 1.18. The van der Waals surface area contributed by atoms with E-state index in [2.05, 4.69) is 25.3 Å². The van der Waals surface area contributed by atoms with Crippen LogP contribution in [0, 0.1) is 5.41 Å². The fourth-order valence-corrected chi connectivity index (χ4v) is 4.18. The number of ether oxygens (including phenoxy) is 1. The lowest BCUT2D eigenvalue weighted by molar-refractivity contribution is 0.0642. The van der Waals surface area contributed by atoms with Crippen LogP contribution < -0.4 is 15.8 Å². The first-order valence-corrected chi connectivity index (χ1v) is 11.6. The minimum atomic E-state index is 0.0289. The third-order valence-corrected chi connectivity index (χ3v) is 6.15. The molecular weight excluding hydrogens is 462 g/mol. The minimum Gasteiger partial charge on any atom is -0.497 e. The van der Waals surface area contributed by atoms with E-state index in [1.165, 1.54) is 10.7 Å². The summed E-state index contributed by atoms with van der Waals surface area (Å²) in [5.74, 6) is 2.27. The molecule has 1 fully saturated rings. The van der Waals surface area contributed by atoms with Crippen molar-refractivity contribution in [3.05, 3.63) is 53.8 Å². The molecule has 0 aliphatic carbocycles. The van der Waals surface area contributed by atoms with Crippen molar-refractivity contribution in [2.45, 2.75) is 0 Å². The number of carbonyl (C=O) groups excluding carboxylic acids is 1. The van der Waals surface area contributed by atoms with Crippen molar-refractivity contribution < 1.29 is 13.9 Å². The molecule has 1 aliphatic rings. The molecule has 1 aromatic carbocycles. The van der Waals surface area contributed by atoms with Crippen molar-refractivity contribution in [1.82, 2.24) is 29.4 Å². The van der Waals surface area contributed by atoms with Crippen molar-refractivity contribution in [3.63, 3.8) is 0 Å². The second kappa shape index (κ2) is 10.0. The summed E-state index contributed by atoms with van der Waals surface area (Å²) in [5.41, 5.74) is 7.70. The van der Waals surface area contributed by atoms with Gasteiger partial charge in [-0.2, -0.15) is 9.50 Å². The second-order valence-electron chi connectivity index (χ2n) is 8.31. The molecule has 1 saturated heterocycles. The first kappa shape index (κ1) is 23.3. The summed E-state index contributed by atoms with van der Waals surface area (Å²) in [6.07, 6.45) is 2.73. The van der Waals surface area contributed by atoms with Crippen molar-refractivity contribution in [2.75, 3.05) is 57.4 Å². The van der Waals surface area contributed by atoms with Gasteiger partial charge in [-0.1, -0.05) is 0 Å². The van der Waals surface area contributed by atoms with Gasteiger partial charge in [-0.3, -0.25) is 9.69 Å². The molecular formula is C24H27N9O3. The number of piperazine rings is 1. The highest BCUT2D eigenvalue weighted by Gasteiger charge is 2.22. The van der Waals surface area contributed by atoms with Crippen molar-refractivity contribution >= 4 is 29.5 Å². The largest absolute Gasteiger partial charge is 0.497 e. The molecule has 5 rings (SSSR count). The standard InChI is InChI=1S/C24H27N9O3/c1-35-17-6-4-16(5-7-17)23(34)32-12-10-31(11-13-32)9-8-27-20-18(15-25)22-28-21(19-3-2-14-36-19)30-33(22)24(26)29-20/h2-7,14-15,25,27H,8-13H2,1H3,(H2,26,29). The van der Waals surface area contributed by atoms with Gasteiger partial charge in [0.05, 0.1) is 18.9 Å². The third-order valence-electron chi connectivity index (χ3n) is 6.15. The quantitative estimate of drug-likeness (QED) is 0.315. The fourth-order valence-electron chi connectivity index (χ4n) is 4.18. The van der Waals surface area contributed by atoms with Crippen LogP contribution in [0.1, 0.15) is 15.9 Å². The van der Waals surface area contributed by atoms with E-state index in [4.69, 9.17) is 20.3 Å². The van der Waals surface area contributed by atoms with E-state index >= 15 is 0 Å². The molecule has 0 atom stereocenters. The Morgan fingerprint density at radius 1 is 1.19 bits per heavy atom. The molecule has 186 valence electrons. The number of rotatable bonds is 8. The molecule has 12 heteroatoms. The lowest BCUT2D eigenvalue weighted by Gasteiger charge is -2.34. The molecule has 1 aliphatic heterocycles. The van der Waals surface area contributed by atoms with Gasteiger partial charge in [0.1, 0.15) is 11.6 Å². The van der Waals surface area contributed by atoms with E-state index in [-0.39, 0.29) is 11.9 Å². The van der Waals surface area contributed by atoms with E-state index in [1.807, 2.05) is 4.90 Å². The van der Waals surface area contributed by atoms with Gasteiger partial charge in [-0.25, -0.2) is 4.98 Å². The monoisotopic (exact) mass is 489 g/mol. The predicted molar refractivity (Wildman–Crippen MR) is 135 cm³/mol. The zero-order valence-corrected chi connectivity index (χ0v) is 19.8. The van der Waals surface area contributed by atoms with E-state index in [0.29, 0.717) is 53.8 Å². The maximum absolute atomic E-state index is 12.8. The number of amides is 1. The number of nitrogens with zero attached hydrogens (tertiary/aromatic N) is 6. The maximum atomic E-state index is 12.8. The average Bonchev–Trinajstić information content (AvgIpc) is 3.60. The van der Waals surface area contributed by atoms with Gasteiger partial charge in [0.25, 0.3) is 5.91 Å². The SMILES string of the molecule is COc1ccc(C(=O)N2CCN(CCNc3nc(N)n4nc(-c5ccco5)nc4c3C=N)CC2)cc1. The summed E-state index contributed by atoms with van der Waals surface area (Å²) in [6, 6.07) is 10.7. The molecule has 36 heavy (non-hydrogen) atoms. The van der Waals surface area contributed by atoms with Crippen LogP contribution in [0.4, 0.5) is 11.8 Å². The van der Waals surface area contributed by atoms with Crippen LogP contribution in [0.2, 0.25) is 0 Å². The summed E-state index contributed by atoms with van der Waals surface area (Å²) in [5, 5.41) is 15.5. The Labute approximate surface area is 207 Å². The van der Waals surface area contributed by atoms with E-state index in [0.717, 1.165) is 25.4 Å². The summed E-state index contributed by atoms with van der Waals surface area (Å²) in [4.78, 5) is 25.8. The molecule has 0 bridgehead atoms. The lowest BCUT2D eigenvalue weighted by atomic mass is 10.1. The number of methoxy groups -OCH3 is 1. The predicted octanol–water partition coefficient (Wildman–Crippen LogP) is 1.84. The maximum Gasteiger partial charge on any atom is 0.253 e. The highest BCUT2D eigenvalue weighted by Crippen LogP contribution is 2.23. The van der Waals surface area contributed by atoms with Gasteiger partial charge in [-0.15, -0.1) is 5.10 Å². The number of nitrogen functional groups attached to an aromatic ring is 1. The molecule has 4 heterocycles. The van der Waals surface area contributed by atoms with Crippen LogP contribution >= 0.6 is 0 Å². The Morgan fingerprint density at radius 2 is 1.97 bits per heavy atom. The van der Waals surface area contributed by atoms with Crippen LogP contribution in [0.5, 0.6) is 5.75 Å². The minimum absolute atomic E-state index is 0.0289. The number of furan rings is 1. The first-order chi connectivity index (χ1) is 17.6. The molecule has 0 spiro atoms. The molecule has 4 aromatic rings. The van der Waals surface area contributed by atoms with Gasteiger partial charge in [0.15, 0.2) is 11.4 Å². The smallest absolute Gasteiger partial charge is 0.253 e. The zero-order chi connectivity index (χ0) is 25.1. The first-order valence-electron chi connectivity index (χ1n) is 11.6. The number of fused-ring (bicyclic) bond motifs is 1. The molecule has 0 saturated carbocycles. The molecule has 0 unspecified atom stereocenters. The van der Waals surface area contributed by atoms with Gasteiger partial charge >= 0.3 is 0 Å². The van der Waals surface area contributed by atoms with Gasteiger partial charge in [-0.05, 0) is 36.4 Å². The number of benzene rings is 1. The Morgan fingerprint density at radius 3 is 2.64 bits per heavy atom. The average molecular weight is 490 g/mol. The Kier molecular flexibility index (Phi) is 6.50. The highest BCUT2D eigenvalue weighted by molar-refractivity contribution is 5.94. The van der Waals surface area contributed by atoms with E-state index in [9.17, 15) is 4.79 Å². The van der Waals surface area contributed by atoms with Crippen LogP contribution in [-0.2, 0) is 0 Å². The van der Waals surface area contributed by atoms with Gasteiger partial charge in [0, 0.05) is 51.0 Å². The number of nitrogens with one attached hydrogen (secondary N) is 2. The molecule has 0 radical (unpaired) electrons. The van der Waals surface area contributed by atoms with Crippen LogP contribution in [0.15, 0.2) is 47.1 Å². The molecule has 3 aromatic heterocycles. The summed E-state index contributed by atoms with van der Waals surface area (Å²) < 4.78 is 11.9. The second-order valence-corrected chi connectivity index (χ2v) is 8.31. The fraction of sp³-hybridized carbons (Fsp3) is 0.292. The summed E-state index contributed by atoms with van der Waals surface area (Å²) >= 11 is 0. The zero-order valence-electron chi connectivity index (χ0n) is 19.8. The lowest BCUT2D eigenvalue weighted by Crippen LogP contribution is -2.49. The normalized spacial score (nSPS) is 14.2. The van der Waals surface area contributed by atoms with E-state index < -0.39 is 0 Å². The Hall–Kier alpha value is -4.45. The van der Waals surface area contributed by atoms with Crippen LogP contribution in [0.3, 0.4) is 0 Å². The van der Waals surface area contributed by atoms with Crippen molar-refractivity contribution in [3.8, 4) is 17.3 Å². The summed E-state index contributed by atoms with van der Waals surface area (Å²) in [6.45, 7) is 4.19.